The zero-order chi connectivity index (χ0) is 8.91. The van der Waals surface area contributed by atoms with Gasteiger partial charge < -0.3 is 0 Å². The molecule has 0 radical (unpaired) electrons. The molecule has 0 aliphatic rings. The summed E-state index contributed by atoms with van der Waals surface area (Å²) >= 11 is 0. The van der Waals surface area contributed by atoms with Crippen molar-refractivity contribution in [1.82, 2.24) is 0 Å². The summed E-state index contributed by atoms with van der Waals surface area (Å²) in [4.78, 5) is 0. The average molecular weight is 170 g/mol. The Morgan fingerprint density at radius 2 is 1.73 bits per heavy atom. The lowest BCUT2D eigenvalue weighted by Crippen LogP contribution is -2.19. The van der Waals surface area contributed by atoms with Crippen molar-refractivity contribution in [3.05, 3.63) is 11.6 Å². The predicted molar refractivity (Wildman–Crippen MR) is 56.8 cm³/mol. The van der Waals surface area contributed by atoms with E-state index >= 15 is 0 Å². The third-order valence-electron chi connectivity index (χ3n) is 1.70. The second kappa shape index (κ2) is 4.76. The van der Waals surface area contributed by atoms with Gasteiger partial charge in [0, 0.05) is 8.07 Å². The molecule has 0 saturated carbocycles. The van der Waals surface area contributed by atoms with Crippen LogP contribution in [0.5, 0.6) is 0 Å². The van der Waals surface area contributed by atoms with E-state index in [4.69, 9.17) is 0 Å². The molecule has 0 N–H and O–H groups in total. The molecule has 0 bridgehead atoms. The molecule has 0 atom stereocenters. The van der Waals surface area contributed by atoms with E-state index in [1.807, 2.05) is 0 Å². The van der Waals surface area contributed by atoms with E-state index in [1.165, 1.54) is 18.9 Å². The molecule has 0 nitrogen and oxygen atoms in total. The van der Waals surface area contributed by atoms with E-state index in [0.717, 1.165) is 0 Å². The Hall–Kier alpha value is -0.0431. The van der Waals surface area contributed by atoms with Gasteiger partial charge in [0.25, 0.3) is 0 Å². The molecule has 66 valence electrons. The Morgan fingerprint density at radius 1 is 1.18 bits per heavy atom. The highest BCUT2D eigenvalue weighted by molar-refractivity contribution is 6.76. The average Bonchev–Trinajstić information content (AvgIpc) is 1.84. The summed E-state index contributed by atoms with van der Waals surface area (Å²) in [5.41, 5.74) is 1.67. The maximum atomic E-state index is 2.44. The lowest BCUT2D eigenvalue weighted by Gasteiger charge is -2.17. The van der Waals surface area contributed by atoms with Crippen LogP contribution in [0.3, 0.4) is 0 Å². The summed E-state index contributed by atoms with van der Waals surface area (Å²) in [6, 6.07) is 1.39. The zero-order valence-corrected chi connectivity index (χ0v) is 9.70. The molecule has 0 amide bonds. The Kier molecular flexibility index (Phi) is 4.74. The van der Waals surface area contributed by atoms with E-state index in [0.29, 0.717) is 0 Å². The fourth-order valence-electron chi connectivity index (χ4n) is 1.31. The minimum atomic E-state index is -0.847. The van der Waals surface area contributed by atoms with Crippen molar-refractivity contribution in [2.45, 2.75) is 52.4 Å². The second-order valence-electron chi connectivity index (χ2n) is 4.36. The summed E-state index contributed by atoms with van der Waals surface area (Å²) in [7, 11) is -0.847. The van der Waals surface area contributed by atoms with Crippen molar-refractivity contribution in [2.75, 3.05) is 0 Å². The molecule has 0 saturated heterocycles. The van der Waals surface area contributed by atoms with Crippen LogP contribution in [0.15, 0.2) is 11.6 Å². The van der Waals surface area contributed by atoms with Gasteiger partial charge in [-0.1, -0.05) is 45.1 Å². The van der Waals surface area contributed by atoms with E-state index in [9.17, 15) is 0 Å². The highest BCUT2D eigenvalue weighted by atomic mass is 28.3. The number of hydrogen-bond donors (Lipinski definition) is 0. The number of allylic oxidation sites excluding steroid dienone is 2. The van der Waals surface area contributed by atoms with Gasteiger partial charge in [-0.3, -0.25) is 0 Å². The smallest absolute Gasteiger partial charge is 0.0483 e. The van der Waals surface area contributed by atoms with Gasteiger partial charge in [-0.05, 0) is 18.9 Å². The molecule has 0 spiro atoms. The molecule has 0 heterocycles. The van der Waals surface area contributed by atoms with E-state index in [2.05, 4.69) is 39.6 Å². The van der Waals surface area contributed by atoms with Crippen LogP contribution >= 0.6 is 0 Å². The van der Waals surface area contributed by atoms with Gasteiger partial charge in [-0.15, -0.1) is 0 Å². The van der Waals surface area contributed by atoms with Crippen LogP contribution in [0.1, 0.15) is 26.7 Å². The van der Waals surface area contributed by atoms with Gasteiger partial charge >= 0.3 is 0 Å². The van der Waals surface area contributed by atoms with Crippen molar-refractivity contribution < 1.29 is 0 Å². The molecule has 0 aliphatic carbocycles. The Morgan fingerprint density at radius 3 is 2.00 bits per heavy atom. The molecule has 0 aromatic carbocycles. The highest BCUT2D eigenvalue weighted by Crippen LogP contribution is 2.18. The molecule has 0 aromatic heterocycles. The van der Waals surface area contributed by atoms with Gasteiger partial charge in [0.05, 0.1) is 0 Å². The van der Waals surface area contributed by atoms with Crippen LogP contribution in [0, 0.1) is 0 Å². The maximum Gasteiger partial charge on any atom is 0.0483 e. The van der Waals surface area contributed by atoms with Gasteiger partial charge in [0.2, 0.25) is 0 Å². The van der Waals surface area contributed by atoms with E-state index in [-0.39, 0.29) is 0 Å². The first-order chi connectivity index (χ1) is 4.99. The van der Waals surface area contributed by atoms with Gasteiger partial charge in [0.15, 0.2) is 0 Å². The highest BCUT2D eigenvalue weighted by Gasteiger charge is 2.13. The van der Waals surface area contributed by atoms with Crippen LogP contribution in [0.4, 0.5) is 0 Å². The summed E-state index contributed by atoms with van der Waals surface area (Å²) in [5.74, 6) is 0. The van der Waals surface area contributed by atoms with Gasteiger partial charge in [-0.25, -0.2) is 0 Å². The minimum absolute atomic E-state index is 0.847. The third kappa shape index (κ3) is 6.36. The van der Waals surface area contributed by atoms with Crippen molar-refractivity contribution >= 4 is 8.07 Å². The summed E-state index contributed by atoms with van der Waals surface area (Å²) in [6.07, 6.45) is 4.85. The number of rotatable bonds is 4. The summed E-state index contributed by atoms with van der Waals surface area (Å²) < 4.78 is 0. The standard InChI is InChI=1S/C10H22Si/c1-6-8-10(7-2)9-11(3,4)5/h8H,6-7,9H2,1-5H3/b10-8-. The lowest BCUT2D eigenvalue weighted by atomic mass is 10.2. The maximum absolute atomic E-state index is 2.44. The zero-order valence-electron chi connectivity index (χ0n) is 8.70. The largest absolute Gasteiger partial charge is 0.0859 e. The van der Waals surface area contributed by atoms with E-state index < -0.39 is 8.07 Å². The van der Waals surface area contributed by atoms with Crippen LogP contribution in [0.2, 0.25) is 25.7 Å². The molecule has 0 rings (SSSR count). The quantitative estimate of drug-likeness (QED) is 0.441. The van der Waals surface area contributed by atoms with Crippen LogP contribution < -0.4 is 0 Å². The van der Waals surface area contributed by atoms with Crippen LogP contribution in [-0.4, -0.2) is 8.07 Å². The van der Waals surface area contributed by atoms with Crippen molar-refractivity contribution in [1.29, 1.82) is 0 Å². The summed E-state index contributed by atoms with van der Waals surface area (Å²) in [5, 5.41) is 0. The van der Waals surface area contributed by atoms with Crippen LogP contribution in [-0.2, 0) is 0 Å². The first-order valence-electron chi connectivity index (χ1n) is 4.67. The first-order valence-corrected chi connectivity index (χ1v) is 8.38. The molecule has 0 aromatic rings. The van der Waals surface area contributed by atoms with Crippen molar-refractivity contribution in [2.24, 2.45) is 0 Å². The third-order valence-corrected chi connectivity index (χ3v) is 3.22. The monoisotopic (exact) mass is 170 g/mol. The van der Waals surface area contributed by atoms with Gasteiger partial charge in [-0.2, -0.15) is 0 Å². The Balaban J connectivity index is 3.99. The molecule has 0 fully saturated rings. The summed E-state index contributed by atoms with van der Waals surface area (Å²) in [6.45, 7) is 11.8. The number of hydrogen-bond acceptors (Lipinski definition) is 0. The van der Waals surface area contributed by atoms with E-state index in [1.54, 1.807) is 5.57 Å². The van der Waals surface area contributed by atoms with Crippen molar-refractivity contribution in [3.8, 4) is 0 Å². The normalized spacial score (nSPS) is 13.7. The fourth-order valence-corrected chi connectivity index (χ4v) is 3.07. The Bertz CT molecular complexity index is 128. The molecular weight excluding hydrogens is 148 g/mol. The Labute approximate surface area is 72.7 Å². The fraction of sp³-hybridized carbons (Fsp3) is 0.800. The molecule has 11 heavy (non-hydrogen) atoms. The predicted octanol–water partition coefficient (Wildman–Crippen LogP) is 4.07. The van der Waals surface area contributed by atoms with Crippen LogP contribution in [0.25, 0.3) is 0 Å². The topological polar surface area (TPSA) is 0 Å². The second-order valence-corrected chi connectivity index (χ2v) is 9.84. The minimum Gasteiger partial charge on any atom is -0.0859 e. The first kappa shape index (κ1) is 11.0. The lowest BCUT2D eigenvalue weighted by molar-refractivity contribution is 1.04. The molecule has 0 unspecified atom stereocenters. The van der Waals surface area contributed by atoms with Crippen molar-refractivity contribution in [3.63, 3.8) is 0 Å². The SMILES string of the molecule is CC/C=C(/CC)C[Si](C)(C)C. The molecular formula is C10H22Si. The van der Waals surface area contributed by atoms with Gasteiger partial charge in [0.1, 0.15) is 0 Å². The molecule has 1 heteroatoms. The molecule has 0 aliphatic heterocycles.